The lowest BCUT2D eigenvalue weighted by Gasteiger charge is -2.26. The first-order chi connectivity index (χ1) is 10.9. The second-order valence-electron chi connectivity index (χ2n) is 6.05. The Morgan fingerprint density at radius 2 is 1.65 bits per heavy atom. The van der Waals surface area contributed by atoms with Crippen molar-refractivity contribution in [3.05, 3.63) is 35.4 Å². The Hall–Kier alpha value is -1.88. The Bertz CT molecular complexity index is 512. The summed E-state index contributed by atoms with van der Waals surface area (Å²) >= 11 is 0. The van der Waals surface area contributed by atoms with Crippen LogP contribution in [0.3, 0.4) is 0 Å². The summed E-state index contributed by atoms with van der Waals surface area (Å²) in [4.78, 5) is 23.5. The zero-order valence-corrected chi connectivity index (χ0v) is 14.8. The topological polar surface area (TPSA) is 70.2 Å². The highest BCUT2D eigenvalue weighted by Gasteiger charge is 2.22. The number of hydrogen-bond donors (Lipinski definition) is 3. The van der Waals surface area contributed by atoms with Gasteiger partial charge in [-0.05, 0) is 37.3 Å². The zero-order chi connectivity index (χ0) is 17.4. The average Bonchev–Trinajstić information content (AvgIpc) is 2.52. The summed E-state index contributed by atoms with van der Waals surface area (Å²) in [5, 5.41) is 8.22. The number of benzene rings is 1. The quantitative estimate of drug-likeness (QED) is 0.724. The van der Waals surface area contributed by atoms with Gasteiger partial charge in [-0.3, -0.25) is 15.4 Å². The number of rotatable bonds is 7. The molecular formula is C18H29N3O2. The van der Waals surface area contributed by atoms with Gasteiger partial charge < -0.3 is 5.32 Å². The fourth-order valence-corrected chi connectivity index (χ4v) is 2.40. The van der Waals surface area contributed by atoms with E-state index >= 15 is 0 Å². The number of imide groups is 1. The highest BCUT2D eigenvalue weighted by Crippen LogP contribution is 2.22. The molecule has 1 rings (SSSR count). The molecular weight excluding hydrogens is 290 g/mol. The number of aryl methyl sites for hydroxylation is 1. The second-order valence-corrected chi connectivity index (χ2v) is 6.05. The third-order valence-electron chi connectivity index (χ3n) is 3.81. The van der Waals surface area contributed by atoms with E-state index in [0.717, 1.165) is 12.0 Å². The molecule has 128 valence electrons. The van der Waals surface area contributed by atoms with Crippen LogP contribution in [0.2, 0.25) is 0 Å². The lowest BCUT2D eigenvalue weighted by atomic mass is 9.94. The molecule has 2 atom stereocenters. The molecule has 0 saturated heterocycles. The van der Waals surface area contributed by atoms with Crippen LogP contribution in [0, 0.1) is 5.92 Å². The number of carbonyl (C=O) groups is 2. The van der Waals surface area contributed by atoms with Crippen molar-refractivity contribution >= 4 is 11.9 Å². The number of amides is 3. The molecule has 3 N–H and O–H groups in total. The highest BCUT2D eigenvalue weighted by molar-refractivity contribution is 5.96. The van der Waals surface area contributed by atoms with E-state index in [1.165, 1.54) is 5.56 Å². The SMILES string of the molecule is CCNC(=O)NC(=O)C(C)NC(c1ccc(CC)cc1)C(C)C. The molecule has 0 bridgehead atoms. The van der Waals surface area contributed by atoms with Crippen LogP contribution in [-0.4, -0.2) is 24.5 Å². The lowest BCUT2D eigenvalue weighted by Crippen LogP contribution is -2.49. The molecule has 23 heavy (non-hydrogen) atoms. The van der Waals surface area contributed by atoms with E-state index in [2.05, 4.69) is 61.0 Å². The van der Waals surface area contributed by atoms with Gasteiger partial charge in [-0.25, -0.2) is 4.79 Å². The lowest BCUT2D eigenvalue weighted by molar-refractivity contribution is -0.121. The predicted molar refractivity (Wildman–Crippen MR) is 93.2 cm³/mol. The Balaban J connectivity index is 2.74. The third kappa shape index (κ3) is 6.02. The van der Waals surface area contributed by atoms with Crippen LogP contribution in [0.15, 0.2) is 24.3 Å². The molecule has 0 aliphatic heterocycles. The van der Waals surface area contributed by atoms with Crippen molar-refractivity contribution in [3.63, 3.8) is 0 Å². The van der Waals surface area contributed by atoms with Crippen LogP contribution < -0.4 is 16.0 Å². The van der Waals surface area contributed by atoms with Gasteiger partial charge in [-0.1, -0.05) is 45.0 Å². The molecule has 0 fully saturated rings. The molecule has 0 aromatic heterocycles. The van der Waals surface area contributed by atoms with E-state index in [-0.39, 0.29) is 11.9 Å². The minimum absolute atomic E-state index is 0.0518. The van der Waals surface area contributed by atoms with Crippen molar-refractivity contribution in [1.82, 2.24) is 16.0 Å². The van der Waals surface area contributed by atoms with Gasteiger partial charge in [0.05, 0.1) is 6.04 Å². The summed E-state index contributed by atoms with van der Waals surface area (Å²) in [6.07, 6.45) is 1.01. The van der Waals surface area contributed by atoms with E-state index in [9.17, 15) is 9.59 Å². The maximum Gasteiger partial charge on any atom is 0.321 e. The molecule has 5 heteroatoms. The monoisotopic (exact) mass is 319 g/mol. The van der Waals surface area contributed by atoms with E-state index in [4.69, 9.17) is 0 Å². The van der Waals surface area contributed by atoms with Crippen LogP contribution in [0.1, 0.15) is 51.8 Å². The van der Waals surface area contributed by atoms with Crippen LogP contribution in [0.25, 0.3) is 0 Å². The van der Waals surface area contributed by atoms with Crippen LogP contribution in [0.4, 0.5) is 4.79 Å². The standard InChI is InChI=1S/C18H29N3O2/c1-6-14-8-10-15(11-9-14)16(12(3)4)20-13(5)17(22)21-18(23)19-7-2/h8-13,16,20H,6-7H2,1-5H3,(H2,19,21,22,23). The maximum absolute atomic E-state index is 12.1. The first-order valence-corrected chi connectivity index (χ1v) is 8.32. The molecule has 0 radical (unpaired) electrons. The van der Waals surface area contributed by atoms with Crippen molar-refractivity contribution in [3.8, 4) is 0 Å². The first-order valence-electron chi connectivity index (χ1n) is 8.32. The zero-order valence-electron chi connectivity index (χ0n) is 14.8. The molecule has 3 amide bonds. The van der Waals surface area contributed by atoms with Crippen LogP contribution >= 0.6 is 0 Å². The Kier molecular flexibility index (Phi) is 7.75. The van der Waals surface area contributed by atoms with E-state index in [0.29, 0.717) is 12.5 Å². The van der Waals surface area contributed by atoms with Gasteiger partial charge in [-0.15, -0.1) is 0 Å². The highest BCUT2D eigenvalue weighted by atomic mass is 16.2. The number of nitrogens with one attached hydrogen (secondary N) is 3. The Morgan fingerprint density at radius 3 is 2.13 bits per heavy atom. The third-order valence-corrected chi connectivity index (χ3v) is 3.81. The Morgan fingerprint density at radius 1 is 1.04 bits per heavy atom. The summed E-state index contributed by atoms with van der Waals surface area (Å²) < 4.78 is 0. The largest absolute Gasteiger partial charge is 0.338 e. The molecule has 5 nitrogen and oxygen atoms in total. The smallest absolute Gasteiger partial charge is 0.321 e. The summed E-state index contributed by atoms with van der Waals surface area (Å²) in [5.41, 5.74) is 2.44. The maximum atomic E-state index is 12.1. The van der Waals surface area contributed by atoms with Gasteiger partial charge in [0.15, 0.2) is 0 Å². The molecule has 0 aliphatic rings. The van der Waals surface area contributed by atoms with Gasteiger partial charge in [0.2, 0.25) is 5.91 Å². The molecule has 2 unspecified atom stereocenters. The van der Waals surface area contributed by atoms with Gasteiger partial charge in [-0.2, -0.15) is 0 Å². The summed E-state index contributed by atoms with van der Waals surface area (Å²) in [7, 11) is 0. The molecule has 0 aliphatic carbocycles. The summed E-state index contributed by atoms with van der Waals surface area (Å²) in [5.74, 6) is -0.00558. The molecule has 0 spiro atoms. The van der Waals surface area contributed by atoms with Crippen molar-refractivity contribution in [1.29, 1.82) is 0 Å². The van der Waals surface area contributed by atoms with Crippen molar-refractivity contribution in [2.75, 3.05) is 6.54 Å². The van der Waals surface area contributed by atoms with Gasteiger partial charge in [0.25, 0.3) is 0 Å². The fraction of sp³-hybridized carbons (Fsp3) is 0.556. The van der Waals surface area contributed by atoms with E-state index in [1.807, 2.05) is 0 Å². The minimum atomic E-state index is -0.462. The molecule has 0 heterocycles. The average molecular weight is 319 g/mol. The van der Waals surface area contributed by atoms with Crippen molar-refractivity contribution in [2.45, 2.75) is 53.1 Å². The minimum Gasteiger partial charge on any atom is -0.338 e. The number of carbonyl (C=O) groups excluding carboxylic acids is 2. The fourth-order valence-electron chi connectivity index (χ4n) is 2.40. The summed E-state index contributed by atoms with van der Waals surface area (Å²) in [6.45, 7) is 10.4. The van der Waals surface area contributed by atoms with Crippen molar-refractivity contribution in [2.24, 2.45) is 5.92 Å². The number of hydrogen-bond acceptors (Lipinski definition) is 3. The molecule has 0 saturated carbocycles. The Labute approximate surface area is 139 Å². The predicted octanol–water partition coefficient (Wildman–Crippen LogP) is 2.77. The first kappa shape index (κ1) is 19.2. The normalized spacial score (nSPS) is 13.5. The number of urea groups is 1. The van der Waals surface area contributed by atoms with Crippen LogP contribution in [0.5, 0.6) is 0 Å². The molecule has 1 aromatic carbocycles. The van der Waals surface area contributed by atoms with Crippen molar-refractivity contribution < 1.29 is 9.59 Å². The molecule has 1 aromatic rings. The van der Waals surface area contributed by atoms with E-state index in [1.54, 1.807) is 13.8 Å². The second kappa shape index (κ2) is 9.30. The van der Waals surface area contributed by atoms with Gasteiger partial charge >= 0.3 is 6.03 Å². The summed E-state index contributed by atoms with van der Waals surface area (Å²) in [6, 6.07) is 7.57. The van der Waals surface area contributed by atoms with E-state index < -0.39 is 12.1 Å². The van der Waals surface area contributed by atoms with Crippen LogP contribution in [-0.2, 0) is 11.2 Å². The van der Waals surface area contributed by atoms with Gasteiger partial charge in [0, 0.05) is 12.6 Å². The van der Waals surface area contributed by atoms with Gasteiger partial charge in [0.1, 0.15) is 0 Å².